The van der Waals surface area contributed by atoms with Crippen molar-refractivity contribution in [3.05, 3.63) is 30.4 Å². The fourth-order valence-electron chi connectivity index (χ4n) is 1.44. The first-order valence-corrected chi connectivity index (χ1v) is 6.02. The molecule has 0 saturated carbocycles. The van der Waals surface area contributed by atoms with Gasteiger partial charge in [0.25, 0.3) is 0 Å². The number of carboxylic acid groups (broad SMARTS) is 1. The number of rotatable bonds is 10. The summed E-state index contributed by atoms with van der Waals surface area (Å²) in [6, 6.07) is 2.67. The van der Waals surface area contributed by atoms with Crippen LogP contribution in [0.1, 0.15) is 10.4 Å². The van der Waals surface area contributed by atoms with Gasteiger partial charge in [0.2, 0.25) is 5.75 Å². The summed E-state index contributed by atoms with van der Waals surface area (Å²) in [6.07, 6.45) is 1.55. The van der Waals surface area contributed by atoms with Crippen LogP contribution in [0.3, 0.4) is 0 Å². The monoisotopic (exact) mass is 298 g/mol. The molecule has 0 fully saturated rings. The van der Waals surface area contributed by atoms with Crippen molar-refractivity contribution >= 4 is 5.97 Å². The fourth-order valence-corrected chi connectivity index (χ4v) is 1.44. The van der Waals surface area contributed by atoms with Crippen LogP contribution in [0.25, 0.3) is 0 Å². The number of aromatic carboxylic acids is 1. The molecule has 1 aromatic rings. The summed E-state index contributed by atoms with van der Waals surface area (Å²) in [5.74, 6) is -0.460. The Labute approximate surface area is 122 Å². The number of hydrogen-bond donors (Lipinski definition) is 1. The second kappa shape index (κ2) is 8.83. The quantitative estimate of drug-likeness (QED) is 0.522. The summed E-state index contributed by atoms with van der Waals surface area (Å²) in [7, 11) is 2.90. The van der Waals surface area contributed by atoms with Gasteiger partial charge in [-0.3, -0.25) is 0 Å². The van der Waals surface area contributed by atoms with E-state index in [2.05, 4.69) is 6.58 Å². The Balaban J connectivity index is 3.21. The zero-order valence-corrected chi connectivity index (χ0v) is 12.0. The zero-order chi connectivity index (χ0) is 15.7. The van der Waals surface area contributed by atoms with Gasteiger partial charge in [0.15, 0.2) is 25.1 Å². The molecule has 0 atom stereocenters. The first-order valence-electron chi connectivity index (χ1n) is 6.02. The summed E-state index contributed by atoms with van der Waals surface area (Å²) in [5, 5.41) is 9.12. The molecule has 0 heterocycles. The minimum atomic E-state index is -1.12. The molecule has 0 amide bonds. The summed E-state index contributed by atoms with van der Waals surface area (Å²) in [4.78, 5) is 11.1. The van der Waals surface area contributed by atoms with Crippen molar-refractivity contribution in [2.45, 2.75) is 0 Å². The largest absolute Gasteiger partial charge is 0.482 e. The van der Waals surface area contributed by atoms with Gasteiger partial charge in [0.05, 0.1) is 5.56 Å². The van der Waals surface area contributed by atoms with Gasteiger partial charge < -0.3 is 28.8 Å². The number of carboxylic acids is 1. The van der Waals surface area contributed by atoms with Gasteiger partial charge in [-0.15, -0.1) is 0 Å². The molecular weight excluding hydrogens is 280 g/mol. The van der Waals surface area contributed by atoms with E-state index in [1.54, 1.807) is 6.08 Å². The van der Waals surface area contributed by atoms with Crippen LogP contribution in [0, 0.1) is 0 Å². The van der Waals surface area contributed by atoms with Gasteiger partial charge >= 0.3 is 5.97 Å². The number of benzene rings is 1. The van der Waals surface area contributed by atoms with Crippen molar-refractivity contribution in [3.8, 4) is 17.2 Å². The summed E-state index contributed by atoms with van der Waals surface area (Å²) >= 11 is 0. The summed E-state index contributed by atoms with van der Waals surface area (Å²) in [6.45, 7) is 3.65. The lowest BCUT2D eigenvalue weighted by Crippen LogP contribution is -2.08. The third-order valence-corrected chi connectivity index (χ3v) is 2.28. The molecule has 0 spiro atoms. The molecule has 7 nitrogen and oxygen atoms in total. The first-order chi connectivity index (χ1) is 10.1. The van der Waals surface area contributed by atoms with Crippen LogP contribution in [0.5, 0.6) is 17.2 Å². The highest BCUT2D eigenvalue weighted by Crippen LogP contribution is 2.39. The number of carbonyl (C=O) groups is 1. The standard InChI is InChI=1S/C14H18O7/c1-4-5-19-13-11(20-8-17-2)6-10(14(15)16)7-12(13)21-9-18-3/h4,6-7H,1,5,8-9H2,2-3H3,(H,15,16). The number of hydrogen-bond acceptors (Lipinski definition) is 6. The Morgan fingerprint density at radius 3 is 2.05 bits per heavy atom. The normalized spacial score (nSPS) is 10.0. The Morgan fingerprint density at radius 1 is 1.14 bits per heavy atom. The summed E-state index contributed by atoms with van der Waals surface area (Å²) in [5.41, 5.74) is -0.00170. The van der Waals surface area contributed by atoms with Crippen molar-refractivity contribution in [2.75, 3.05) is 34.4 Å². The van der Waals surface area contributed by atoms with E-state index in [0.717, 1.165) is 0 Å². The Morgan fingerprint density at radius 2 is 1.67 bits per heavy atom. The van der Waals surface area contributed by atoms with Crippen LogP contribution < -0.4 is 14.2 Å². The Hall–Kier alpha value is -2.25. The smallest absolute Gasteiger partial charge is 0.335 e. The maximum Gasteiger partial charge on any atom is 0.335 e. The minimum absolute atomic E-state index is 0.00170. The van der Waals surface area contributed by atoms with E-state index in [-0.39, 0.29) is 43.0 Å². The molecule has 0 aliphatic rings. The van der Waals surface area contributed by atoms with Gasteiger partial charge in [-0.05, 0) is 12.1 Å². The molecule has 116 valence electrons. The SMILES string of the molecule is C=CCOc1c(OCOC)cc(C(=O)O)cc1OCOC. The molecule has 1 aromatic carbocycles. The van der Waals surface area contributed by atoms with Crippen LogP contribution in [-0.4, -0.2) is 45.5 Å². The molecule has 1 N–H and O–H groups in total. The average molecular weight is 298 g/mol. The van der Waals surface area contributed by atoms with Gasteiger partial charge in [-0.25, -0.2) is 4.79 Å². The predicted molar refractivity (Wildman–Crippen MR) is 74.1 cm³/mol. The lowest BCUT2D eigenvalue weighted by atomic mass is 10.2. The average Bonchev–Trinajstić information content (AvgIpc) is 2.48. The van der Waals surface area contributed by atoms with Crippen LogP contribution in [-0.2, 0) is 9.47 Å². The van der Waals surface area contributed by atoms with E-state index < -0.39 is 5.97 Å². The van der Waals surface area contributed by atoms with Crippen LogP contribution in [0.4, 0.5) is 0 Å². The number of ether oxygens (including phenoxy) is 5. The van der Waals surface area contributed by atoms with Crippen molar-refractivity contribution in [3.63, 3.8) is 0 Å². The second-order valence-corrected chi connectivity index (χ2v) is 3.81. The van der Waals surface area contributed by atoms with Crippen LogP contribution >= 0.6 is 0 Å². The maximum atomic E-state index is 11.1. The maximum absolute atomic E-state index is 11.1. The molecule has 0 radical (unpaired) electrons. The minimum Gasteiger partial charge on any atom is -0.482 e. The molecule has 0 bridgehead atoms. The van der Waals surface area contributed by atoms with Gasteiger partial charge in [0, 0.05) is 14.2 Å². The van der Waals surface area contributed by atoms with Gasteiger partial charge in [0.1, 0.15) is 6.61 Å². The highest BCUT2D eigenvalue weighted by Gasteiger charge is 2.18. The second-order valence-electron chi connectivity index (χ2n) is 3.81. The predicted octanol–water partition coefficient (Wildman–Crippen LogP) is 1.92. The van der Waals surface area contributed by atoms with Crippen molar-refractivity contribution in [1.82, 2.24) is 0 Å². The number of methoxy groups -OCH3 is 2. The van der Waals surface area contributed by atoms with E-state index in [4.69, 9.17) is 28.8 Å². The first kappa shape index (κ1) is 16.8. The van der Waals surface area contributed by atoms with Crippen LogP contribution in [0.15, 0.2) is 24.8 Å². The molecule has 7 heteroatoms. The fraction of sp³-hybridized carbons (Fsp3) is 0.357. The molecule has 0 aliphatic heterocycles. The zero-order valence-electron chi connectivity index (χ0n) is 12.0. The van der Waals surface area contributed by atoms with E-state index in [9.17, 15) is 4.79 Å². The summed E-state index contributed by atoms with van der Waals surface area (Å²) < 4.78 is 25.8. The topological polar surface area (TPSA) is 83.5 Å². The van der Waals surface area contributed by atoms with E-state index in [1.165, 1.54) is 26.4 Å². The van der Waals surface area contributed by atoms with E-state index >= 15 is 0 Å². The van der Waals surface area contributed by atoms with Gasteiger partial charge in [-0.2, -0.15) is 0 Å². The lowest BCUT2D eigenvalue weighted by molar-refractivity contribution is 0.0411. The molecule has 1 rings (SSSR count). The molecule has 0 aliphatic carbocycles. The van der Waals surface area contributed by atoms with Gasteiger partial charge in [-0.1, -0.05) is 12.7 Å². The third-order valence-electron chi connectivity index (χ3n) is 2.28. The molecule has 0 unspecified atom stereocenters. The highest BCUT2D eigenvalue weighted by atomic mass is 16.7. The Bertz CT molecular complexity index is 455. The van der Waals surface area contributed by atoms with Crippen molar-refractivity contribution in [2.24, 2.45) is 0 Å². The molecule has 0 saturated heterocycles. The third kappa shape index (κ3) is 4.97. The lowest BCUT2D eigenvalue weighted by Gasteiger charge is -2.16. The van der Waals surface area contributed by atoms with Crippen molar-refractivity contribution in [1.29, 1.82) is 0 Å². The Kier molecular flexibility index (Phi) is 7.06. The molecule has 21 heavy (non-hydrogen) atoms. The van der Waals surface area contributed by atoms with Crippen molar-refractivity contribution < 1.29 is 33.6 Å². The highest BCUT2D eigenvalue weighted by molar-refractivity contribution is 5.89. The van der Waals surface area contributed by atoms with Crippen LogP contribution in [0.2, 0.25) is 0 Å². The van der Waals surface area contributed by atoms with E-state index in [1.807, 2.05) is 0 Å². The molecule has 0 aromatic heterocycles. The van der Waals surface area contributed by atoms with E-state index in [0.29, 0.717) is 0 Å². The molecular formula is C14H18O7.